The molecule has 0 saturated carbocycles. The van der Waals surface area contributed by atoms with Crippen LogP contribution in [-0.2, 0) is 4.74 Å². The van der Waals surface area contributed by atoms with E-state index in [-0.39, 0.29) is 5.97 Å². The second-order valence-electron chi connectivity index (χ2n) is 2.71. The lowest BCUT2D eigenvalue weighted by Gasteiger charge is -2.08. The Labute approximate surface area is 83.5 Å². The van der Waals surface area contributed by atoms with Crippen molar-refractivity contribution in [3.8, 4) is 0 Å². The summed E-state index contributed by atoms with van der Waals surface area (Å²) in [5, 5.41) is 0. The lowest BCUT2D eigenvalue weighted by Crippen LogP contribution is -2.13. The van der Waals surface area contributed by atoms with Crippen molar-refractivity contribution in [3.63, 3.8) is 0 Å². The maximum absolute atomic E-state index is 11.5. The van der Waals surface area contributed by atoms with Crippen molar-refractivity contribution in [2.24, 2.45) is 0 Å². The highest BCUT2D eigenvalue weighted by Gasteiger charge is 2.09. The normalized spacial score (nSPS) is 9.50. The van der Waals surface area contributed by atoms with Crippen LogP contribution in [0.25, 0.3) is 0 Å². The van der Waals surface area contributed by atoms with E-state index in [1.165, 1.54) is 12.2 Å². The number of carbonyl (C=O) groups is 1. The third-order valence-electron chi connectivity index (χ3n) is 1.72. The van der Waals surface area contributed by atoms with E-state index in [1.807, 2.05) is 6.07 Å². The zero-order valence-electron chi connectivity index (χ0n) is 7.85. The van der Waals surface area contributed by atoms with Gasteiger partial charge in [-0.2, -0.15) is 0 Å². The molecule has 0 aromatic heterocycles. The van der Waals surface area contributed by atoms with Gasteiger partial charge >= 0.3 is 5.97 Å². The van der Waals surface area contributed by atoms with Crippen LogP contribution in [0.3, 0.4) is 0 Å². The molecule has 0 unspecified atom stereocenters. The molecule has 0 bridgehead atoms. The maximum atomic E-state index is 11.5. The van der Waals surface area contributed by atoms with Gasteiger partial charge in [0.2, 0.25) is 0 Å². The highest BCUT2D eigenvalue weighted by molar-refractivity contribution is 5.89. The third-order valence-corrected chi connectivity index (χ3v) is 1.72. The second-order valence-corrected chi connectivity index (χ2v) is 2.71. The van der Waals surface area contributed by atoms with E-state index in [0.29, 0.717) is 5.56 Å². The number of hydrogen-bond donors (Lipinski definition) is 0. The van der Waals surface area contributed by atoms with E-state index in [4.69, 9.17) is 4.74 Å². The van der Waals surface area contributed by atoms with Gasteiger partial charge in [-0.3, -0.25) is 0 Å². The van der Waals surface area contributed by atoms with Crippen molar-refractivity contribution in [2.45, 2.75) is 6.10 Å². The van der Waals surface area contributed by atoms with Crippen LogP contribution < -0.4 is 0 Å². The Morgan fingerprint density at radius 1 is 1.21 bits per heavy atom. The topological polar surface area (TPSA) is 26.3 Å². The highest BCUT2D eigenvalue weighted by atomic mass is 16.5. The molecule has 0 N–H and O–H groups in total. The maximum Gasteiger partial charge on any atom is 0.339 e. The zero-order chi connectivity index (χ0) is 10.4. The molecule has 0 aliphatic heterocycles. The molecule has 1 aromatic rings. The van der Waals surface area contributed by atoms with Crippen LogP contribution in [0.2, 0.25) is 0 Å². The van der Waals surface area contributed by atoms with E-state index in [0.717, 1.165) is 0 Å². The van der Waals surface area contributed by atoms with Crippen molar-refractivity contribution in [2.75, 3.05) is 0 Å². The number of esters is 1. The molecule has 0 amide bonds. The lowest BCUT2D eigenvalue weighted by atomic mass is 10.2. The summed E-state index contributed by atoms with van der Waals surface area (Å²) >= 11 is 0. The first kappa shape index (κ1) is 10.3. The summed E-state index contributed by atoms with van der Waals surface area (Å²) in [7, 11) is 0. The third kappa shape index (κ3) is 2.59. The monoisotopic (exact) mass is 188 g/mol. The van der Waals surface area contributed by atoms with Gasteiger partial charge in [0.15, 0.2) is 0 Å². The number of ether oxygens (including phenoxy) is 1. The van der Waals surface area contributed by atoms with Gasteiger partial charge < -0.3 is 4.74 Å². The zero-order valence-corrected chi connectivity index (χ0v) is 7.85. The fraction of sp³-hybridized carbons (Fsp3) is 0.0833. The van der Waals surface area contributed by atoms with Crippen LogP contribution in [0.15, 0.2) is 55.6 Å². The average molecular weight is 188 g/mol. The summed E-state index contributed by atoms with van der Waals surface area (Å²) in [6, 6.07) is 8.81. The number of hydrogen-bond acceptors (Lipinski definition) is 2. The summed E-state index contributed by atoms with van der Waals surface area (Å²) in [5.74, 6) is -0.365. The van der Waals surface area contributed by atoms with Gasteiger partial charge in [0, 0.05) is 0 Å². The fourth-order valence-corrected chi connectivity index (χ4v) is 0.958. The summed E-state index contributed by atoms with van der Waals surface area (Å²) in [4.78, 5) is 11.5. The average Bonchev–Trinajstić information content (AvgIpc) is 2.26. The first-order chi connectivity index (χ1) is 6.77. The van der Waals surface area contributed by atoms with Crippen LogP contribution in [-0.4, -0.2) is 12.1 Å². The first-order valence-electron chi connectivity index (χ1n) is 4.29. The molecular weight excluding hydrogens is 176 g/mol. The standard InChI is InChI=1S/C12H12O2/c1-3-11(4-2)14-12(13)10-8-6-5-7-9-10/h3-9,11H,1-2H2. The predicted octanol–water partition coefficient (Wildman–Crippen LogP) is 2.58. The van der Waals surface area contributed by atoms with Crippen molar-refractivity contribution >= 4 is 5.97 Å². The molecule has 1 aromatic carbocycles. The summed E-state index contributed by atoms with van der Waals surface area (Å²) in [6.07, 6.45) is 2.62. The van der Waals surface area contributed by atoms with E-state index >= 15 is 0 Å². The molecule has 1 rings (SSSR count). The van der Waals surface area contributed by atoms with Crippen LogP contribution in [0.4, 0.5) is 0 Å². The minimum atomic E-state index is -0.428. The van der Waals surface area contributed by atoms with Crippen LogP contribution in [0.5, 0.6) is 0 Å². The summed E-state index contributed by atoms with van der Waals surface area (Å²) in [5.41, 5.74) is 0.529. The predicted molar refractivity (Wildman–Crippen MR) is 56.0 cm³/mol. The molecule has 72 valence electrons. The quantitative estimate of drug-likeness (QED) is 0.536. The Hall–Kier alpha value is -1.83. The molecule has 0 atom stereocenters. The van der Waals surface area contributed by atoms with Gasteiger partial charge in [-0.1, -0.05) is 31.4 Å². The van der Waals surface area contributed by atoms with Crippen molar-refractivity contribution < 1.29 is 9.53 Å². The van der Waals surface area contributed by atoms with Gasteiger partial charge in [-0.15, -0.1) is 0 Å². The summed E-state index contributed by atoms with van der Waals surface area (Å²) < 4.78 is 5.06. The van der Waals surface area contributed by atoms with Crippen LogP contribution in [0, 0.1) is 0 Å². The molecule has 2 nitrogen and oxygen atoms in total. The fourth-order valence-electron chi connectivity index (χ4n) is 0.958. The largest absolute Gasteiger partial charge is 0.450 e. The second kappa shape index (κ2) is 5.02. The molecule has 0 aliphatic carbocycles. The van der Waals surface area contributed by atoms with Gasteiger partial charge in [0.25, 0.3) is 0 Å². The number of carbonyl (C=O) groups excluding carboxylic acids is 1. The molecule has 0 spiro atoms. The van der Waals surface area contributed by atoms with E-state index in [2.05, 4.69) is 13.2 Å². The summed E-state index contributed by atoms with van der Waals surface area (Å²) in [6.45, 7) is 7.06. The molecule has 0 saturated heterocycles. The molecule has 0 heterocycles. The van der Waals surface area contributed by atoms with Gasteiger partial charge in [-0.05, 0) is 24.3 Å². The molecule has 0 aliphatic rings. The smallest absolute Gasteiger partial charge is 0.339 e. The SMILES string of the molecule is C=CC(C=C)OC(=O)c1ccccc1. The molecule has 0 radical (unpaired) electrons. The Bertz CT molecular complexity index is 319. The number of rotatable bonds is 4. The van der Waals surface area contributed by atoms with E-state index in [1.54, 1.807) is 24.3 Å². The Balaban J connectivity index is 2.67. The highest BCUT2D eigenvalue weighted by Crippen LogP contribution is 2.04. The van der Waals surface area contributed by atoms with Crippen molar-refractivity contribution in [1.29, 1.82) is 0 Å². The Morgan fingerprint density at radius 3 is 2.29 bits per heavy atom. The van der Waals surface area contributed by atoms with Crippen LogP contribution in [0.1, 0.15) is 10.4 Å². The molecule has 14 heavy (non-hydrogen) atoms. The van der Waals surface area contributed by atoms with Gasteiger partial charge in [-0.25, -0.2) is 4.79 Å². The van der Waals surface area contributed by atoms with E-state index < -0.39 is 6.10 Å². The Kier molecular flexibility index (Phi) is 3.68. The molecule has 2 heteroatoms. The minimum Gasteiger partial charge on any atom is -0.450 e. The van der Waals surface area contributed by atoms with Crippen molar-refractivity contribution in [3.05, 3.63) is 61.2 Å². The van der Waals surface area contributed by atoms with Gasteiger partial charge in [0.1, 0.15) is 6.10 Å². The van der Waals surface area contributed by atoms with Crippen molar-refractivity contribution in [1.82, 2.24) is 0 Å². The molecule has 0 fully saturated rings. The van der Waals surface area contributed by atoms with E-state index in [9.17, 15) is 4.79 Å². The number of benzene rings is 1. The lowest BCUT2D eigenvalue weighted by molar-refractivity contribution is 0.0464. The van der Waals surface area contributed by atoms with Gasteiger partial charge in [0.05, 0.1) is 5.56 Å². The molecular formula is C12H12O2. The minimum absolute atomic E-state index is 0.365. The Morgan fingerprint density at radius 2 is 1.79 bits per heavy atom. The first-order valence-corrected chi connectivity index (χ1v) is 4.29. The van der Waals surface area contributed by atoms with Crippen LogP contribution >= 0.6 is 0 Å².